The second-order valence-corrected chi connectivity index (χ2v) is 8.98. The predicted molar refractivity (Wildman–Crippen MR) is 131 cm³/mol. The van der Waals surface area contributed by atoms with Crippen molar-refractivity contribution in [2.45, 2.75) is 13.8 Å². The monoisotopic (exact) mass is 479 g/mol. The number of nitro benzene ring substituents is 1. The maximum absolute atomic E-state index is 13.1. The number of rotatable bonds is 5. The van der Waals surface area contributed by atoms with Gasteiger partial charge >= 0.3 is 5.97 Å². The average Bonchev–Trinajstić information content (AvgIpc) is 3.22. The van der Waals surface area contributed by atoms with Gasteiger partial charge in [-0.3, -0.25) is 19.8 Å². The molecule has 10 heteroatoms. The molecule has 0 saturated carbocycles. The molecule has 0 aliphatic carbocycles. The van der Waals surface area contributed by atoms with Crippen LogP contribution in [-0.4, -0.2) is 30.8 Å². The van der Waals surface area contributed by atoms with E-state index in [-0.39, 0.29) is 17.2 Å². The van der Waals surface area contributed by atoms with E-state index < -0.39 is 10.9 Å². The summed E-state index contributed by atoms with van der Waals surface area (Å²) in [5.74, 6) is -1.28. The Labute approximate surface area is 198 Å². The van der Waals surface area contributed by atoms with Gasteiger partial charge in [-0.1, -0.05) is 24.0 Å². The molecule has 0 bridgehead atoms. The number of hydrogen-bond donors (Lipinski definition) is 1. The van der Waals surface area contributed by atoms with Gasteiger partial charge in [0.05, 0.1) is 21.1 Å². The van der Waals surface area contributed by atoms with Crippen molar-refractivity contribution in [1.82, 2.24) is 4.57 Å². The standard InChI is InChI=1S/C23H17N3O5S2/c1-13-11-16(14(2)24(13)17-5-3-15(4-6-17)22(28)29)12-20-21(27)25(23(32)33-20)18-7-9-19(10-8-18)26(30)31/h3-12H,1-2H3,(H,28,29)/b20-12-. The van der Waals surface area contributed by atoms with E-state index in [0.717, 1.165) is 22.6 Å². The van der Waals surface area contributed by atoms with Gasteiger partial charge < -0.3 is 9.67 Å². The highest BCUT2D eigenvalue weighted by molar-refractivity contribution is 8.27. The summed E-state index contributed by atoms with van der Waals surface area (Å²) in [5, 5.41) is 20.0. The molecule has 1 aromatic heterocycles. The van der Waals surface area contributed by atoms with Gasteiger partial charge in [0, 0.05) is 29.2 Å². The molecule has 4 rings (SSSR count). The summed E-state index contributed by atoms with van der Waals surface area (Å²) in [5.41, 5.74) is 4.06. The molecule has 33 heavy (non-hydrogen) atoms. The third kappa shape index (κ3) is 4.18. The van der Waals surface area contributed by atoms with Gasteiger partial charge in [-0.2, -0.15) is 0 Å². The van der Waals surface area contributed by atoms with Crippen LogP contribution in [0.3, 0.4) is 0 Å². The molecule has 1 aliphatic heterocycles. The summed E-state index contributed by atoms with van der Waals surface area (Å²) in [6.45, 7) is 3.85. The number of aryl methyl sites for hydroxylation is 1. The Balaban J connectivity index is 1.65. The number of benzene rings is 2. The van der Waals surface area contributed by atoms with Crippen LogP contribution in [0.25, 0.3) is 11.8 Å². The van der Waals surface area contributed by atoms with Crippen LogP contribution >= 0.6 is 24.0 Å². The van der Waals surface area contributed by atoms with Gasteiger partial charge in [-0.05, 0) is 68.0 Å². The molecule has 2 heterocycles. The molecule has 0 spiro atoms. The first-order chi connectivity index (χ1) is 15.7. The fourth-order valence-electron chi connectivity index (χ4n) is 3.64. The molecule has 1 amide bonds. The summed E-state index contributed by atoms with van der Waals surface area (Å²) in [6, 6.07) is 14.2. The lowest BCUT2D eigenvalue weighted by Gasteiger charge is -2.13. The maximum atomic E-state index is 13.1. The van der Waals surface area contributed by atoms with E-state index in [2.05, 4.69) is 0 Å². The van der Waals surface area contributed by atoms with E-state index in [9.17, 15) is 19.7 Å². The van der Waals surface area contributed by atoms with Gasteiger partial charge in [0.1, 0.15) is 0 Å². The Bertz CT molecular complexity index is 1340. The van der Waals surface area contributed by atoms with E-state index in [1.54, 1.807) is 30.3 Å². The molecule has 1 fully saturated rings. The number of aromatic carboxylic acids is 1. The zero-order valence-corrected chi connectivity index (χ0v) is 19.1. The van der Waals surface area contributed by atoms with Gasteiger partial charge in [0.25, 0.3) is 11.6 Å². The van der Waals surface area contributed by atoms with Crippen LogP contribution < -0.4 is 4.90 Å². The Morgan fingerprint density at radius 1 is 1.09 bits per heavy atom. The lowest BCUT2D eigenvalue weighted by molar-refractivity contribution is -0.384. The normalized spacial score (nSPS) is 14.8. The molecular formula is C23H17N3O5S2. The van der Waals surface area contributed by atoms with Gasteiger partial charge in [-0.25, -0.2) is 4.79 Å². The SMILES string of the molecule is Cc1cc(/C=C2\SC(=S)N(c3ccc([N+](=O)[O-])cc3)C2=O)c(C)n1-c1ccc(C(=O)O)cc1. The van der Waals surface area contributed by atoms with Crippen LogP contribution in [-0.2, 0) is 4.79 Å². The summed E-state index contributed by atoms with van der Waals surface area (Å²) in [4.78, 5) is 36.4. The number of nitro groups is 1. The first kappa shape index (κ1) is 22.4. The van der Waals surface area contributed by atoms with Crippen molar-refractivity contribution < 1.29 is 19.6 Å². The van der Waals surface area contributed by atoms with Crippen LogP contribution in [0.15, 0.2) is 59.5 Å². The number of carbonyl (C=O) groups excluding carboxylic acids is 1. The van der Waals surface area contributed by atoms with Crippen LogP contribution in [0.2, 0.25) is 0 Å². The average molecular weight is 480 g/mol. The number of carbonyl (C=O) groups is 2. The third-order valence-electron chi connectivity index (χ3n) is 5.24. The van der Waals surface area contributed by atoms with Crippen molar-refractivity contribution in [3.63, 3.8) is 0 Å². The van der Waals surface area contributed by atoms with Crippen molar-refractivity contribution >= 4 is 57.6 Å². The summed E-state index contributed by atoms with van der Waals surface area (Å²) >= 11 is 6.56. The lowest BCUT2D eigenvalue weighted by Crippen LogP contribution is -2.27. The van der Waals surface area contributed by atoms with Crippen molar-refractivity contribution in [2.24, 2.45) is 0 Å². The molecule has 0 unspecified atom stereocenters. The highest BCUT2D eigenvalue weighted by atomic mass is 32.2. The van der Waals surface area contributed by atoms with E-state index in [1.807, 2.05) is 24.5 Å². The largest absolute Gasteiger partial charge is 0.478 e. The van der Waals surface area contributed by atoms with Gasteiger partial charge in [0.2, 0.25) is 0 Å². The molecule has 1 N–H and O–H groups in total. The predicted octanol–water partition coefficient (Wildman–Crippen LogP) is 5.11. The van der Waals surface area contributed by atoms with E-state index in [4.69, 9.17) is 17.3 Å². The number of carboxylic acids is 1. The second-order valence-electron chi connectivity index (χ2n) is 7.30. The van der Waals surface area contributed by atoms with E-state index in [0.29, 0.717) is 14.9 Å². The number of non-ortho nitro benzene ring substituents is 1. The minimum Gasteiger partial charge on any atom is -0.478 e. The number of hydrogen-bond acceptors (Lipinski definition) is 6. The Kier molecular flexibility index (Phi) is 5.88. The molecule has 0 radical (unpaired) electrons. The van der Waals surface area contributed by atoms with Crippen LogP contribution in [0.5, 0.6) is 0 Å². The topological polar surface area (TPSA) is 106 Å². The number of anilines is 1. The number of amides is 1. The highest BCUT2D eigenvalue weighted by Crippen LogP contribution is 2.37. The minimum absolute atomic E-state index is 0.0661. The highest BCUT2D eigenvalue weighted by Gasteiger charge is 2.33. The van der Waals surface area contributed by atoms with Crippen molar-refractivity contribution in [3.8, 4) is 5.69 Å². The maximum Gasteiger partial charge on any atom is 0.335 e. The Morgan fingerprint density at radius 2 is 1.70 bits per heavy atom. The molecule has 2 aromatic carbocycles. The number of aromatic nitrogens is 1. The molecule has 1 saturated heterocycles. The molecule has 0 atom stereocenters. The number of carboxylic acid groups (broad SMARTS) is 1. The minimum atomic E-state index is -0.988. The van der Waals surface area contributed by atoms with Gasteiger partial charge in [-0.15, -0.1) is 0 Å². The van der Waals surface area contributed by atoms with Gasteiger partial charge in [0.15, 0.2) is 4.32 Å². The Hall–Kier alpha value is -3.76. The van der Waals surface area contributed by atoms with Crippen LogP contribution in [0.4, 0.5) is 11.4 Å². The Morgan fingerprint density at radius 3 is 2.27 bits per heavy atom. The molecule has 3 aromatic rings. The smallest absolute Gasteiger partial charge is 0.335 e. The molecule has 166 valence electrons. The molecule has 8 nitrogen and oxygen atoms in total. The summed E-state index contributed by atoms with van der Waals surface area (Å²) in [7, 11) is 0. The van der Waals surface area contributed by atoms with Crippen LogP contribution in [0, 0.1) is 24.0 Å². The third-order valence-corrected chi connectivity index (χ3v) is 6.54. The molecular weight excluding hydrogens is 462 g/mol. The first-order valence-corrected chi connectivity index (χ1v) is 10.9. The lowest BCUT2D eigenvalue weighted by atomic mass is 10.2. The van der Waals surface area contributed by atoms with Crippen LogP contribution in [0.1, 0.15) is 27.3 Å². The summed E-state index contributed by atoms with van der Waals surface area (Å²) < 4.78 is 2.33. The fourth-order valence-corrected chi connectivity index (χ4v) is 4.93. The van der Waals surface area contributed by atoms with Crippen molar-refractivity contribution in [1.29, 1.82) is 0 Å². The van der Waals surface area contributed by atoms with E-state index >= 15 is 0 Å². The zero-order valence-electron chi connectivity index (χ0n) is 17.5. The van der Waals surface area contributed by atoms with Crippen molar-refractivity contribution in [2.75, 3.05) is 4.90 Å². The quantitative estimate of drug-likeness (QED) is 0.235. The van der Waals surface area contributed by atoms with Crippen molar-refractivity contribution in [3.05, 3.63) is 92.1 Å². The second kappa shape index (κ2) is 8.64. The number of thiocarbonyl (C=S) groups is 1. The zero-order chi connectivity index (χ0) is 23.9. The summed E-state index contributed by atoms with van der Waals surface area (Å²) in [6.07, 6.45) is 1.77. The first-order valence-electron chi connectivity index (χ1n) is 9.72. The molecule has 1 aliphatic rings. The fraction of sp³-hybridized carbons (Fsp3) is 0.0870. The van der Waals surface area contributed by atoms with E-state index in [1.165, 1.54) is 40.9 Å². The number of thioether (sulfide) groups is 1. The number of nitrogens with zero attached hydrogens (tertiary/aromatic N) is 3.